The maximum Gasteiger partial charge on any atom is 0.224 e. The van der Waals surface area contributed by atoms with Crippen LogP contribution in [0.1, 0.15) is 30.9 Å². The molecule has 0 bridgehead atoms. The van der Waals surface area contributed by atoms with Crippen molar-refractivity contribution in [3.63, 3.8) is 0 Å². The molecule has 1 amide bonds. The van der Waals surface area contributed by atoms with Crippen molar-refractivity contribution in [2.75, 3.05) is 6.54 Å². The van der Waals surface area contributed by atoms with Crippen LogP contribution >= 0.6 is 0 Å². The average Bonchev–Trinajstić information content (AvgIpc) is 3.20. The lowest BCUT2D eigenvalue weighted by molar-refractivity contribution is -0.124. The zero-order valence-corrected chi connectivity index (χ0v) is 11.0. The minimum atomic E-state index is -0.0990. The summed E-state index contributed by atoms with van der Waals surface area (Å²) in [5, 5.41) is 3.03. The van der Waals surface area contributed by atoms with E-state index in [0.29, 0.717) is 12.6 Å². The third-order valence-corrected chi connectivity index (χ3v) is 3.49. The molecule has 3 nitrogen and oxygen atoms in total. The molecule has 3 N–H and O–H groups in total. The number of benzene rings is 1. The number of carbonyl (C=O) groups excluding carboxylic acids is 1. The van der Waals surface area contributed by atoms with Gasteiger partial charge in [-0.2, -0.15) is 0 Å². The molecule has 1 aromatic rings. The topological polar surface area (TPSA) is 55.1 Å². The van der Waals surface area contributed by atoms with Crippen molar-refractivity contribution in [3.8, 4) is 0 Å². The summed E-state index contributed by atoms with van der Waals surface area (Å²) in [7, 11) is 0. The molecule has 1 unspecified atom stereocenters. The van der Waals surface area contributed by atoms with Gasteiger partial charge in [0.2, 0.25) is 5.91 Å². The minimum Gasteiger partial charge on any atom is -0.353 e. The zero-order valence-electron chi connectivity index (χ0n) is 11.0. The Morgan fingerprint density at radius 2 is 1.94 bits per heavy atom. The van der Waals surface area contributed by atoms with Crippen LogP contribution in [0.25, 0.3) is 0 Å². The van der Waals surface area contributed by atoms with E-state index < -0.39 is 0 Å². The second-order valence-corrected chi connectivity index (χ2v) is 5.09. The summed E-state index contributed by atoms with van der Waals surface area (Å²) in [6, 6.07) is 8.87. The van der Waals surface area contributed by atoms with Gasteiger partial charge < -0.3 is 11.1 Å². The van der Waals surface area contributed by atoms with Crippen molar-refractivity contribution >= 4 is 5.91 Å². The van der Waals surface area contributed by atoms with Crippen molar-refractivity contribution < 1.29 is 4.79 Å². The van der Waals surface area contributed by atoms with Crippen LogP contribution in [0.15, 0.2) is 24.3 Å². The standard InChI is InChI=1S/C15H22N2O/c1-2-11-3-5-12(6-4-11)9-13(10-16)15(18)17-14-7-8-14/h3-6,13-14H,2,7-10,16H2,1H3,(H,17,18). The van der Waals surface area contributed by atoms with E-state index in [1.54, 1.807) is 0 Å². The number of amides is 1. The summed E-state index contributed by atoms with van der Waals surface area (Å²) in [5.74, 6) is 0.0117. The Balaban J connectivity index is 1.93. The van der Waals surface area contributed by atoms with Gasteiger partial charge in [-0.1, -0.05) is 31.2 Å². The molecule has 1 aliphatic rings. The SMILES string of the molecule is CCc1ccc(CC(CN)C(=O)NC2CC2)cc1. The van der Waals surface area contributed by atoms with Gasteiger partial charge in [0.25, 0.3) is 0 Å². The summed E-state index contributed by atoms with van der Waals surface area (Å²) in [6.07, 6.45) is 4.02. The molecule has 2 rings (SSSR count). The van der Waals surface area contributed by atoms with E-state index in [2.05, 4.69) is 36.5 Å². The fourth-order valence-corrected chi connectivity index (χ4v) is 2.03. The Labute approximate surface area is 109 Å². The Morgan fingerprint density at radius 1 is 1.33 bits per heavy atom. The first-order valence-electron chi connectivity index (χ1n) is 6.81. The predicted octanol–water partition coefficient (Wildman–Crippen LogP) is 1.64. The number of carbonyl (C=O) groups is 1. The fraction of sp³-hybridized carbons (Fsp3) is 0.533. The molecule has 1 aromatic carbocycles. The highest BCUT2D eigenvalue weighted by Crippen LogP contribution is 2.20. The maximum atomic E-state index is 12.0. The van der Waals surface area contributed by atoms with Gasteiger partial charge in [0.05, 0.1) is 5.92 Å². The fourth-order valence-electron chi connectivity index (χ4n) is 2.03. The van der Waals surface area contributed by atoms with Gasteiger partial charge in [-0.15, -0.1) is 0 Å². The quantitative estimate of drug-likeness (QED) is 0.802. The molecule has 1 fully saturated rings. The Morgan fingerprint density at radius 3 is 2.44 bits per heavy atom. The van der Waals surface area contributed by atoms with E-state index in [9.17, 15) is 4.79 Å². The molecule has 1 saturated carbocycles. The number of aryl methyl sites for hydroxylation is 1. The largest absolute Gasteiger partial charge is 0.353 e. The molecular formula is C15H22N2O. The van der Waals surface area contributed by atoms with E-state index in [0.717, 1.165) is 25.7 Å². The van der Waals surface area contributed by atoms with Gasteiger partial charge >= 0.3 is 0 Å². The summed E-state index contributed by atoms with van der Waals surface area (Å²) in [5.41, 5.74) is 8.23. The molecule has 0 heterocycles. The number of rotatable bonds is 6. The molecule has 3 heteroatoms. The van der Waals surface area contributed by atoms with Gasteiger partial charge in [0, 0.05) is 12.6 Å². The van der Waals surface area contributed by atoms with Crippen LogP contribution in [0.4, 0.5) is 0 Å². The van der Waals surface area contributed by atoms with Crippen LogP contribution in [0, 0.1) is 5.92 Å². The van der Waals surface area contributed by atoms with E-state index in [1.807, 2.05) is 0 Å². The van der Waals surface area contributed by atoms with Gasteiger partial charge in [-0.3, -0.25) is 4.79 Å². The van der Waals surface area contributed by atoms with Crippen LogP contribution < -0.4 is 11.1 Å². The number of nitrogens with one attached hydrogen (secondary N) is 1. The van der Waals surface area contributed by atoms with Crippen LogP contribution in [-0.4, -0.2) is 18.5 Å². The molecule has 0 spiro atoms. The second-order valence-electron chi connectivity index (χ2n) is 5.09. The van der Waals surface area contributed by atoms with Gasteiger partial charge in [0.1, 0.15) is 0 Å². The second kappa shape index (κ2) is 6.01. The first kappa shape index (κ1) is 13.1. The lowest BCUT2D eigenvalue weighted by atomic mass is 9.97. The summed E-state index contributed by atoms with van der Waals surface area (Å²) >= 11 is 0. The molecule has 1 atom stereocenters. The highest BCUT2D eigenvalue weighted by Gasteiger charge is 2.26. The average molecular weight is 246 g/mol. The van der Waals surface area contributed by atoms with Gasteiger partial charge in [-0.05, 0) is 36.8 Å². The summed E-state index contributed by atoms with van der Waals surface area (Å²) in [4.78, 5) is 12.0. The Hall–Kier alpha value is -1.35. The van der Waals surface area contributed by atoms with Gasteiger partial charge in [-0.25, -0.2) is 0 Å². The molecule has 0 saturated heterocycles. The van der Waals surface area contributed by atoms with Crippen LogP contribution in [0.2, 0.25) is 0 Å². The lowest BCUT2D eigenvalue weighted by Crippen LogP contribution is -2.37. The smallest absolute Gasteiger partial charge is 0.224 e. The van der Waals surface area contributed by atoms with E-state index >= 15 is 0 Å². The maximum absolute atomic E-state index is 12.0. The first-order chi connectivity index (χ1) is 8.72. The lowest BCUT2D eigenvalue weighted by Gasteiger charge is -2.14. The van der Waals surface area contributed by atoms with Crippen molar-refractivity contribution in [2.45, 2.75) is 38.6 Å². The van der Waals surface area contributed by atoms with Crippen molar-refractivity contribution in [3.05, 3.63) is 35.4 Å². The van der Waals surface area contributed by atoms with E-state index in [4.69, 9.17) is 5.73 Å². The highest BCUT2D eigenvalue weighted by molar-refractivity contribution is 5.79. The zero-order chi connectivity index (χ0) is 13.0. The van der Waals surface area contributed by atoms with Crippen LogP contribution in [0.5, 0.6) is 0 Å². The van der Waals surface area contributed by atoms with E-state index in [1.165, 1.54) is 11.1 Å². The number of hydrogen-bond donors (Lipinski definition) is 2. The molecular weight excluding hydrogens is 224 g/mol. The van der Waals surface area contributed by atoms with Crippen molar-refractivity contribution in [2.24, 2.45) is 11.7 Å². The molecule has 0 aliphatic heterocycles. The molecule has 0 aromatic heterocycles. The van der Waals surface area contributed by atoms with Crippen molar-refractivity contribution in [1.82, 2.24) is 5.32 Å². The third kappa shape index (κ3) is 3.57. The number of nitrogens with two attached hydrogens (primary N) is 1. The summed E-state index contributed by atoms with van der Waals surface area (Å²) < 4.78 is 0. The normalized spacial score (nSPS) is 16.3. The summed E-state index contributed by atoms with van der Waals surface area (Å²) in [6.45, 7) is 2.55. The molecule has 1 aliphatic carbocycles. The molecule has 18 heavy (non-hydrogen) atoms. The monoisotopic (exact) mass is 246 g/mol. The van der Waals surface area contributed by atoms with Crippen molar-refractivity contribution in [1.29, 1.82) is 0 Å². The van der Waals surface area contributed by atoms with Crippen LogP contribution in [0.3, 0.4) is 0 Å². The first-order valence-corrected chi connectivity index (χ1v) is 6.81. The number of hydrogen-bond acceptors (Lipinski definition) is 2. The molecule has 98 valence electrons. The third-order valence-electron chi connectivity index (χ3n) is 3.49. The Kier molecular flexibility index (Phi) is 4.37. The van der Waals surface area contributed by atoms with Crippen LogP contribution in [-0.2, 0) is 17.6 Å². The molecule has 0 radical (unpaired) electrons. The van der Waals surface area contributed by atoms with E-state index in [-0.39, 0.29) is 11.8 Å². The van der Waals surface area contributed by atoms with Gasteiger partial charge in [0.15, 0.2) is 0 Å². The Bertz CT molecular complexity index is 395. The predicted molar refractivity (Wildman–Crippen MR) is 73.2 cm³/mol. The highest BCUT2D eigenvalue weighted by atomic mass is 16.2. The minimum absolute atomic E-state index is 0.0990.